The van der Waals surface area contributed by atoms with E-state index in [1.54, 1.807) is 12.3 Å². The fraction of sp³-hybridized carbons (Fsp3) is 0.583. The van der Waals surface area contributed by atoms with E-state index in [0.29, 0.717) is 12.0 Å². The van der Waals surface area contributed by atoms with Gasteiger partial charge in [-0.15, -0.1) is 11.3 Å². The molecule has 0 aliphatic rings. The summed E-state index contributed by atoms with van der Waals surface area (Å²) in [6.07, 6.45) is 0.509. The fourth-order valence-corrected chi connectivity index (χ4v) is 4.51. The number of aliphatic hydroxyl groups excluding tert-OH is 1. The molecule has 0 bridgehead atoms. The molecule has 1 atom stereocenters. The van der Waals surface area contributed by atoms with Crippen LogP contribution in [-0.4, -0.2) is 39.8 Å². The maximum atomic E-state index is 12.3. The number of rotatable bonds is 7. The van der Waals surface area contributed by atoms with E-state index in [1.807, 2.05) is 6.92 Å². The number of ether oxygens (including phenoxy) is 1. The zero-order valence-corrected chi connectivity index (χ0v) is 13.3. The molecular formula is C12H19NO5S2. The lowest BCUT2D eigenvalue weighted by Gasteiger charge is -2.12. The monoisotopic (exact) mass is 321 g/mol. The molecule has 0 aromatic carbocycles. The lowest BCUT2D eigenvalue weighted by molar-refractivity contribution is 0.0602. The molecule has 0 aliphatic carbocycles. The average molecular weight is 321 g/mol. The molecule has 6 nitrogen and oxygen atoms in total. The third-order valence-electron chi connectivity index (χ3n) is 2.80. The highest BCUT2D eigenvalue weighted by Gasteiger charge is 2.27. The van der Waals surface area contributed by atoms with Crippen molar-refractivity contribution in [2.24, 2.45) is 5.92 Å². The van der Waals surface area contributed by atoms with Gasteiger partial charge < -0.3 is 9.84 Å². The first kappa shape index (κ1) is 17.1. The third-order valence-corrected chi connectivity index (χ3v) is 5.62. The zero-order valence-electron chi connectivity index (χ0n) is 11.7. The Kier molecular flexibility index (Phi) is 6.12. The molecule has 1 heterocycles. The van der Waals surface area contributed by atoms with E-state index >= 15 is 0 Å². The van der Waals surface area contributed by atoms with Crippen molar-refractivity contribution in [2.45, 2.75) is 25.2 Å². The van der Waals surface area contributed by atoms with Crippen LogP contribution in [0.3, 0.4) is 0 Å². The highest BCUT2D eigenvalue weighted by molar-refractivity contribution is 7.89. The van der Waals surface area contributed by atoms with Crippen LogP contribution in [0.1, 0.15) is 28.6 Å². The van der Waals surface area contributed by atoms with Crippen LogP contribution in [-0.2, 0) is 14.8 Å². The number of thiophene rings is 1. The van der Waals surface area contributed by atoms with E-state index < -0.39 is 16.0 Å². The van der Waals surface area contributed by atoms with Crippen LogP contribution in [0.4, 0.5) is 0 Å². The van der Waals surface area contributed by atoms with E-state index in [9.17, 15) is 13.2 Å². The molecule has 114 valence electrons. The standard InChI is InChI=1S/C12H19NO5S2/c1-8(4-5-14)6-13-20(16,17)11-9(2)7-19-10(11)12(15)18-3/h7-8,13-14H,4-6H2,1-3H3. The van der Waals surface area contributed by atoms with E-state index in [0.717, 1.165) is 11.3 Å². The third kappa shape index (κ3) is 4.02. The summed E-state index contributed by atoms with van der Waals surface area (Å²) in [7, 11) is -2.56. The maximum absolute atomic E-state index is 12.3. The topological polar surface area (TPSA) is 92.7 Å². The van der Waals surface area contributed by atoms with Crippen LogP contribution >= 0.6 is 11.3 Å². The first-order valence-electron chi connectivity index (χ1n) is 6.10. The lowest BCUT2D eigenvalue weighted by atomic mass is 10.1. The number of aryl methyl sites for hydroxylation is 1. The summed E-state index contributed by atoms with van der Waals surface area (Å²) in [5.41, 5.74) is 0.512. The van der Waals surface area contributed by atoms with Crippen molar-refractivity contribution >= 4 is 27.3 Å². The smallest absolute Gasteiger partial charge is 0.349 e. The fourth-order valence-electron chi connectivity index (χ4n) is 1.65. The molecule has 0 saturated heterocycles. The number of hydrogen-bond donors (Lipinski definition) is 2. The molecule has 0 saturated carbocycles. The molecule has 0 fully saturated rings. The minimum Gasteiger partial charge on any atom is -0.465 e. The maximum Gasteiger partial charge on any atom is 0.349 e. The van der Waals surface area contributed by atoms with E-state index in [-0.39, 0.29) is 28.8 Å². The number of nitrogens with one attached hydrogen (secondary N) is 1. The zero-order chi connectivity index (χ0) is 15.3. The van der Waals surface area contributed by atoms with Crippen molar-refractivity contribution in [1.82, 2.24) is 4.72 Å². The van der Waals surface area contributed by atoms with Crippen molar-refractivity contribution in [2.75, 3.05) is 20.3 Å². The molecule has 0 radical (unpaired) electrons. The van der Waals surface area contributed by atoms with Gasteiger partial charge in [0.2, 0.25) is 10.0 Å². The second-order valence-electron chi connectivity index (χ2n) is 4.54. The normalized spacial score (nSPS) is 13.2. The minimum absolute atomic E-state index is 0.00772. The number of carbonyl (C=O) groups is 1. The molecule has 1 rings (SSSR count). The number of hydrogen-bond acceptors (Lipinski definition) is 6. The average Bonchev–Trinajstić information content (AvgIpc) is 2.79. The van der Waals surface area contributed by atoms with Crippen LogP contribution in [0.5, 0.6) is 0 Å². The second-order valence-corrected chi connectivity index (χ2v) is 7.12. The minimum atomic E-state index is -3.77. The summed E-state index contributed by atoms with van der Waals surface area (Å²) in [6.45, 7) is 3.68. The summed E-state index contributed by atoms with van der Waals surface area (Å²) in [5.74, 6) is -0.651. The van der Waals surface area contributed by atoms with Crippen LogP contribution in [0.2, 0.25) is 0 Å². The molecule has 0 spiro atoms. The van der Waals surface area contributed by atoms with Gasteiger partial charge in [-0.1, -0.05) is 6.92 Å². The molecule has 0 aliphatic heterocycles. The van der Waals surface area contributed by atoms with Gasteiger partial charge in [0.1, 0.15) is 9.77 Å². The SMILES string of the molecule is COC(=O)c1scc(C)c1S(=O)(=O)NCC(C)CCO. The Hall–Kier alpha value is -0.960. The molecule has 1 aromatic rings. The van der Waals surface area contributed by atoms with Gasteiger partial charge in [0, 0.05) is 13.2 Å². The van der Waals surface area contributed by atoms with Gasteiger partial charge in [0.05, 0.1) is 7.11 Å². The molecule has 8 heteroatoms. The van der Waals surface area contributed by atoms with Crippen molar-refractivity contribution in [3.63, 3.8) is 0 Å². The number of aliphatic hydroxyl groups is 1. The number of carbonyl (C=O) groups excluding carboxylic acids is 1. The highest BCUT2D eigenvalue weighted by atomic mass is 32.2. The summed E-state index contributed by atoms with van der Waals surface area (Å²) >= 11 is 1.05. The second kappa shape index (κ2) is 7.16. The van der Waals surface area contributed by atoms with E-state index in [1.165, 1.54) is 7.11 Å². The van der Waals surface area contributed by atoms with Gasteiger partial charge in [0.25, 0.3) is 0 Å². The Bertz CT molecular complexity index is 564. The first-order chi connectivity index (χ1) is 9.33. The van der Waals surface area contributed by atoms with E-state index in [4.69, 9.17) is 5.11 Å². The molecule has 2 N–H and O–H groups in total. The first-order valence-corrected chi connectivity index (χ1v) is 8.46. The van der Waals surface area contributed by atoms with Crippen LogP contribution in [0.15, 0.2) is 10.3 Å². The van der Waals surface area contributed by atoms with Gasteiger partial charge in [-0.2, -0.15) is 0 Å². The molecule has 0 amide bonds. The van der Waals surface area contributed by atoms with Gasteiger partial charge in [-0.05, 0) is 30.2 Å². The Morgan fingerprint density at radius 3 is 2.75 bits per heavy atom. The van der Waals surface area contributed by atoms with Crippen molar-refractivity contribution in [3.05, 3.63) is 15.8 Å². The Morgan fingerprint density at radius 1 is 1.55 bits per heavy atom. The van der Waals surface area contributed by atoms with E-state index in [2.05, 4.69) is 9.46 Å². The Labute approximate surface area is 122 Å². The number of methoxy groups -OCH3 is 1. The summed E-state index contributed by atoms with van der Waals surface area (Å²) in [6, 6.07) is 0. The Balaban J connectivity index is 2.98. The summed E-state index contributed by atoms with van der Waals surface area (Å²) < 4.78 is 31.6. The largest absolute Gasteiger partial charge is 0.465 e. The van der Waals surface area contributed by atoms with Crippen LogP contribution in [0, 0.1) is 12.8 Å². The number of sulfonamides is 1. The van der Waals surface area contributed by atoms with Crippen molar-refractivity contribution < 1.29 is 23.1 Å². The predicted octanol–water partition coefficient (Wildman–Crippen LogP) is 1.14. The molecule has 1 unspecified atom stereocenters. The lowest BCUT2D eigenvalue weighted by Crippen LogP contribution is -2.30. The van der Waals surface area contributed by atoms with Crippen molar-refractivity contribution in [3.8, 4) is 0 Å². The van der Waals surface area contributed by atoms with Gasteiger partial charge >= 0.3 is 5.97 Å². The highest BCUT2D eigenvalue weighted by Crippen LogP contribution is 2.27. The van der Waals surface area contributed by atoms with Crippen LogP contribution < -0.4 is 4.72 Å². The molecule has 20 heavy (non-hydrogen) atoms. The number of esters is 1. The Morgan fingerprint density at radius 2 is 2.20 bits per heavy atom. The van der Waals surface area contributed by atoms with Crippen LogP contribution in [0.25, 0.3) is 0 Å². The molecular weight excluding hydrogens is 302 g/mol. The summed E-state index contributed by atoms with van der Waals surface area (Å²) in [4.78, 5) is 11.7. The molecule has 1 aromatic heterocycles. The van der Waals surface area contributed by atoms with Gasteiger partial charge in [-0.3, -0.25) is 0 Å². The summed E-state index contributed by atoms with van der Waals surface area (Å²) in [5, 5.41) is 10.4. The van der Waals surface area contributed by atoms with Gasteiger partial charge in [0.15, 0.2) is 0 Å². The van der Waals surface area contributed by atoms with Gasteiger partial charge in [-0.25, -0.2) is 17.9 Å². The quantitative estimate of drug-likeness (QED) is 0.735. The predicted molar refractivity (Wildman–Crippen MR) is 76.5 cm³/mol. The van der Waals surface area contributed by atoms with Crippen molar-refractivity contribution in [1.29, 1.82) is 0 Å².